The average Bonchev–Trinajstić information content (AvgIpc) is 2.51. The van der Waals surface area contributed by atoms with Gasteiger partial charge in [-0.2, -0.15) is 0 Å². The first-order chi connectivity index (χ1) is 10.2. The van der Waals surface area contributed by atoms with Crippen molar-refractivity contribution in [2.24, 2.45) is 5.73 Å². The SMILES string of the molecule is CCCn1c(-c2ccc(OCC)cc2)ccc(CN)c1=O. The highest BCUT2D eigenvalue weighted by molar-refractivity contribution is 5.61. The van der Waals surface area contributed by atoms with Crippen molar-refractivity contribution in [2.75, 3.05) is 6.61 Å². The molecule has 1 aromatic heterocycles. The van der Waals surface area contributed by atoms with Crippen molar-refractivity contribution in [3.05, 3.63) is 52.3 Å². The largest absolute Gasteiger partial charge is 0.494 e. The number of nitrogens with two attached hydrogens (primary N) is 1. The van der Waals surface area contributed by atoms with Crippen molar-refractivity contribution in [1.29, 1.82) is 0 Å². The van der Waals surface area contributed by atoms with Gasteiger partial charge in [-0.25, -0.2) is 0 Å². The third-order valence-electron chi connectivity index (χ3n) is 3.38. The number of ether oxygens (including phenoxy) is 1. The number of pyridine rings is 1. The molecule has 112 valence electrons. The van der Waals surface area contributed by atoms with Crippen LogP contribution in [0.4, 0.5) is 0 Å². The molecule has 0 aliphatic rings. The van der Waals surface area contributed by atoms with Gasteiger partial charge in [0, 0.05) is 18.7 Å². The van der Waals surface area contributed by atoms with E-state index in [1.807, 2.05) is 43.3 Å². The van der Waals surface area contributed by atoms with Crippen LogP contribution in [0.25, 0.3) is 11.3 Å². The quantitative estimate of drug-likeness (QED) is 0.888. The number of aromatic nitrogens is 1. The molecule has 4 nitrogen and oxygen atoms in total. The summed E-state index contributed by atoms with van der Waals surface area (Å²) in [6.45, 7) is 5.62. The molecule has 1 aromatic carbocycles. The highest BCUT2D eigenvalue weighted by atomic mass is 16.5. The van der Waals surface area contributed by atoms with Crippen molar-refractivity contribution < 1.29 is 4.74 Å². The molecule has 0 spiro atoms. The van der Waals surface area contributed by atoms with Crippen LogP contribution in [0, 0.1) is 0 Å². The molecule has 1 heterocycles. The summed E-state index contributed by atoms with van der Waals surface area (Å²) in [6, 6.07) is 11.6. The van der Waals surface area contributed by atoms with E-state index in [0.29, 0.717) is 18.7 Å². The van der Waals surface area contributed by atoms with Gasteiger partial charge in [0.1, 0.15) is 5.75 Å². The van der Waals surface area contributed by atoms with Crippen molar-refractivity contribution in [1.82, 2.24) is 4.57 Å². The van der Waals surface area contributed by atoms with Gasteiger partial charge in [-0.3, -0.25) is 4.79 Å². The number of nitrogens with zero attached hydrogens (tertiary/aromatic N) is 1. The van der Waals surface area contributed by atoms with Crippen molar-refractivity contribution >= 4 is 0 Å². The van der Waals surface area contributed by atoms with E-state index in [2.05, 4.69) is 6.92 Å². The van der Waals surface area contributed by atoms with E-state index >= 15 is 0 Å². The molecular weight excluding hydrogens is 264 g/mol. The van der Waals surface area contributed by atoms with Crippen LogP contribution in [0.2, 0.25) is 0 Å². The monoisotopic (exact) mass is 286 g/mol. The van der Waals surface area contributed by atoms with Gasteiger partial charge in [0.25, 0.3) is 5.56 Å². The molecule has 0 aliphatic carbocycles. The van der Waals surface area contributed by atoms with Crippen LogP contribution in [-0.4, -0.2) is 11.2 Å². The minimum Gasteiger partial charge on any atom is -0.494 e. The number of hydrogen-bond donors (Lipinski definition) is 1. The third-order valence-corrected chi connectivity index (χ3v) is 3.38. The van der Waals surface area contributed by atoms with E-state index in [0.717, 1.165) is 23.4 Å². The first-order valence-electron chi connectivity index (χ1n) is 7.37. The molecule has 0 bridgehead atoms. The Morgan fingerprint density at radius 1 is 1.10 bits per heavy atom. The van der Waals surface area contributed by atoms with Gasteiger partial charge in [-0.15, -0.1) is 0 Å². The van der Waals surface area contributed by atoms with Crippen LogP contribution < -0.4 is 16.0 Å². The number of rotatable bonds is 6. The topological polar surface area (TPSA) is 57.2 Å². The van der Waals surface area contributed by atoms with Crippen molar-refractivity contribution in [2.45, 2.75) is 33.4 Å². The standard InChI is InChI=1S/C17H22N2O2/c1-3-11-19-16(10-7-14(12-18)17(19)20)13-5-8-15(9-6-13)21-4-2/h5-10H,3-4,11-12,18H2,1-2H3. The van der Waals surface area contributed by atoms with Crippen LogP contribution >= 0.6 is 0 Å². The van der Waals surface area contributed by atoms with E-state index in [-0.39, 0.29) is 12.1 Å². The summed E-state index contributed by atoms with van der Waals surface area (Å²) in [5.41, 5.74) is 8.21. The fourth-order valence-corrected chi connectivity index (χ4v) is 2.37. The highest BCUT2D eigenvalue weighted by Gasteiger charge is 2.09. The van der Waals surface area contributed by atoms with E-state index in [1.165, 1.54) is 0 Å². The Morgan fingerprint density at radius 2 is 1.81 bits per heavy atom. The van der Waals surface area contributed by atoms with Crippen LogP contribution in [0.5, 0.6) is 5.75 Å². The minimum absolute atomic E-state index is 0.00531. The summed E-state index contributed by atoms with van der Waals surface area (Å²) in [7, 11) is 0. The zero-order valence-electron chi connectivity index (χ0n) is 12.6. The zero-order valence-corrected chi connectivity index (χ0v) is 12.6. The van der Waals surface area contributed by atoms with Crippen LogP contribution in [0.1, 0.15) is 25.8 Å². The Bertz CT molecular complexity index is 645. The molecule has 0 saturated heterocycles. The van der Waals surface area contributed by atoms with Gasteiger partial charge < -0.3 is 15.0 Å². The second-order valence-corrected chi connectivity index (χ2v) is 4.86. The lowest BCUT2D eigenvalue weighted by atomic mass is 10.1. The third kappa shape index (κ3) is 3.34. The Morgan fingerprint density at radius 3 is 2.38 bits per heavy atom. The van der Waals surface area contributed by atoms with E-state index in [1.54, 1.807) is 4.57 Å². The zero-order chi connectivity index (χ0) is 15.2. The maximum absolute atomic E-state index is 12.4. The summed E-state index contributed by atoms with van der Waals surface area (Å²) >= 11 is 0. The molecule has 21 heavy (non-hydrogen) atoms. The molecule has 4 heteroatoms. The van der Waals surface area contributed by atoms with Gasteiger partial charge in [-0.1, -0.05) is 13.0 Å². The molecule has 0 unspecified atom stereocenters. The molecule has 2 rings (SSSR count). The molecule has 2 aromatic rings. The second kappa shape index (κ2) is 7.09. The highest BCUT2D eigenvalue weighted by Crippen LogP contribution is 2.22. The number of hydrogen-bond acceptors (Lipinski definition) is 3. The van der Waals surface area contributed by atoms with E-state index in [4.69, 9.17) is 10.5 Å². The van der Waals surface area contributed by atoms with Gasteiger partial charge >= 0.3 is 0 Å². The van der Waals surface area contributed by atoms with Gasteiger partial charge in [0.05, 0.1) is 12.3 Å². The summed E-state index contributed by atoms with van der Waals surface area (Å²) < 4.78 is 7.25. The Balaban J connectivity index is 2.47. The van der Waals surface area contributed by atoms with Gasteiger partial charge in [-0.05, 0) is 49.2 Å². The fraction of sp³-hybridized carbons (Fsp3) is 0.353. The average molecular weight is 286 g/mol. The van der Waals surface area contributed by atoms with E-state index in [9.17, 15) is 4.79 Å². The lowest BCUT2D eigenvalue weighted by Gasteiger charge is -2.14. The maximum atomic E-state index is 12.4. The first-order valence-corrected chi connectivity index (χ1v) is 7.37. The molecular formula is C17H22N2O2. The molecule has 2 N–H and O–H groups in total. The first kappa shape index (κ1) is 15.3. The Labute approximate surface area is 125 Å². The fourth-order valence-electron chi connectivity index (χ4n) is 2.37. The maximum Gasteiger partial charge on any atom is 0.255 e. The molecule has 0 fully saturated rings. The van der Waals surface area contributed by atoms with Crippen molar-refractivity contribution in [3.63, 3.8) is 0 Å². The molecule has 0 aliphatic heterocycles. The smallest absolute Gasteiger partial charge is 0.255 e. The summed E-state index contributed by atoms with van der Waals surface area (Å²) in [5, 5.41) is 0. The predicted molar refractivity (Wildman–Crippen MR) is 85.5 cm³/mol. The van der Waals surface area contributed by atoms with E-state index < -0.39 is 0 Å². The van der Waals surface area contributed by atoms with Crippen LogP contribution in [0.15, 0.2) is 41.2 Å². The summed E-state index contributed by atoms with van der Waals surface area (Å²) in [4.78, 5) is 12.4. The Hall–Kier alpha value is -2.07. The van der Waals surface area contributed by atoms with Crippen LogP contribution in [0.3, 0.4) is 0 Å². The van der Waals surface area contributed by atoms with Gasteiger partial charge in [0.2, 0.25) is 0 Å². The Kier molecular flexibility index (Phi) is 5.17. The minimum atomic E-state index is 0.00531. The number of benzene rings is 1. The van der Waals surface area contributed by atoms with Crippen molar-refractivity contribution in [3.8, 4) is 17.0 Å². The molecule has 0 atom stereocenters. The molecule has 0 amide bonds. The normalized spacial score (nSPS) is 10.6. The molecule has 0 radical (unpaired) electrons. The summed E-state index contributed by atoms with van der Waals surface area (Å²) in [5.74, 6) is 0.837. The lowest BCUT2D eigenvalue weighted by Crippen LogP contribution is -2.26. The van der Waals surface area contributed by atoms with Crippen LogP contribution in [-0.2, 0) is 13.1 Å². The predicted octanol–water partition coefficient (Wildman–Crippen LogP) is 2.78. The summed E-state index contributed by atoms with van der Waals surface area (Å²) in [6.07, 6.45) is 0.901. The van der Waals surface area contributed by atoms with Gasteiger partial charge in [0.15, 0.2) is 0 Å². The second-order valence-electron chi connectivity index (χ2n) is 4.86. The molecule has 0 saturated carbocycles. The lowest BCUT2D eigenvalue weighted by molar-refractivity contribution is 0.340.